The molecule has 1 aliphatic rings. The van der Waals surface area contributed by atoms with Crippen molar-refractivity contribution in [1.29, 1.82) is 0 Å². The van der Waals surface area contributed by atoms with Gasteiger partial charge in [-0.3, -0.25) is 10.2 Å². The highest BCUT2D eigenvalue weighted by Gasteiger charge is 2.39. The van der Waals surface area contributed by atoms with Gasteiger partial charge in [0.1, 0.15) is 5.71 Å². The number of Topliss-reactive ketones (excluding diaryl/α,β-unsaturated/α-hetero) is 1. The van der Waals surface area contributed by atoms with Gasteiger partial charge in [0.15, 0.2) is 10.9 Å². The molecule has 4 nitrogen and oxygen atoms in total. The maximum atomic E-state index is 13.0. The maximum Gasteiger partial charge on any atom is 0.189 e. The van der Waals surface area contributed by atoms with Crippen LogP contribution in [0.1, 0.15) is 41.7 Å². The Labute approximate surface area is 172 Å². The molecule has 0 fully saturated rings. The third-order valence-electron chi connectivity index (χ3n) is 5.07. The predicted octanol–water partition coefficient (Wildman–Crippen LogP) is 3.87. The monoisotopic (exact) mass is 393 g/mol. The molecular formula is C23H27N3OS. The van der Waals surface area contributed by atoms with Crippen LogP contribution in [-0.4, -0.2) is 23.2 Å². The summed E-state index contributed by atoms with van der Waals surface area (Å²) in [6, 6.07) is 14.5. The van der Waals surface area contributed by atoms with Crippen molar-refractivity contribution in [3.63, 3.8) is 0 Å². The largest absolute Gasteiger partial charge is 0.361 e. The molecule has 0 aromatic heterocycles. The van der Waals surface area contributed by atoms with E-state index >= 15 is 0 Å². The number of benzene rings is 2. The Morgan fingerprint density at radius 2 is 1.89 bits per heavy atom. The van der Waals surface area contributed by atoms with Gasteiger partial charge in [0.05, 0.1) is 0 Å². The number of carbonyl (C=O) groups is 1. The van der Waals surface area contributed by atoms with Gasteiger partial charge in [-0.15, -0.1) is 0 Å². The lowest BCUT2D eigenvalue weighted by molar-refractivity contribution is -0.120. The van der Waals surface area contributed by atoms with E-state index < -0.39 is 5.41 Å². The third kappa shape index (κ3) is 4.47. The number of fused-ring (bicyclic) bond motifs is 1. The summed E-state index contributed by atoms with van der Waals surface area (Å²) in [6.45, 7) is 8.76. The molecule has 2 aromatic rings. The molecule has 146 valence electrons. The van der Waals surface area contributed by atoms with Crippen LogP contribution in [0.4, 0.5) is 0 Å². The smallest absolute Gasteiger partial charge is 0.189 e. The third-order valence-corrected chi connectivity index (χ3v) is 5.31. The quantitative estimate of drug-likeness (QED) is 0.612. The number of hydrazone groups is 1. The molecule has 0 heterocycles. The van der Waals surface area contributed by atoms with Crippen molar-refractivity contribution in [2.75, 3.05) is 6.54 Å². The van der Waals surface area contributed by atoms with Crippen LogP contribution in [0.3, 0.4) is 0 Å². The van der Waals surface area contributed by atoms with Gasteiger partial charge in [0.2, 0.25) is 0 Å². The molecule has 28 heavy (non-hydrogen) atoms. The van der Waals surface area contributed by atoms with Crippen LogP contribution in [-0.2, 0) is 17.6 Å². The summed E-state index contributed by atoms with van der Waals surface area (Å²) in [5, 5.41) is 8.01. The fourth-order valence-electron chi connectivity index (χ4n) is 3.74. The minimum atomic E-state index is -0.476. The highest BCUT2D eigenvalue weighted by molar-refractivity contribution is 7.80. The van der Waals surface area contributed by atoms with Crippen LogP contribution in [0, 0.1) is 19.3 Å². The highest BCUT2D eigenvalue weighted by Crippen LogP contribution is 2.34. The summed E-state index contributed by atoms with van der Waals surface area (Å²) in [4.78, 5) is 13.0. The second-order valence-corrected chi connectivity index (χ2v) is 8.48. The first-order valence-corrected chi connectivity index (χ1v) is 9.99. The molecule has 0 saturated heterocycles. The van der Waals surface area contributed by atoms with E-state index in [2.05, 4.69) is 47.0 Å². The van der Waals surface area contributed by atoms with Crippen LogP contribution in [0.15, 0.2) is 47.6 Å². The molecule has 2 N–H and O–H groups in total. The lowest BCUT2D eigenvalue weighted by Crippen LogP contribution is -2.42. The van der Waals surface area contributed by atoms with Crippen molar-refractivity contribution in [3.05, 3.63) is 70.3 Å². The van der Waals surface area contributed by atoms with Crippen LogP contribution >= 0.6 is 12.2 Å². The van der Waals surface area contributed by atoms with Gasteiger partial charge < -0.3 is 5.32 Å². The number of nitrogens with zero attached hydrogens (tertiary/aromatic N) is 1. The summed E-state index contributed by atoms with van der Waals surface area (Å²) in [5.41, 5.74) is 8.50. The molecule has 0 spiro atoms. The molecule has 0 bridgehead atoms. The molecule has 2 aromatic carbocycles. The van der Waals surface area contributed by atoms with Crippen LogP contribution in [0.2, 0.25) is 0 Å². The van der Waals surface area contributed by atoms with E-state index in [1.54, 1.807) is 0 Å². The van der Waals surface area contributed by atoms with E-state index in [0.29, 0.717) is 17.4 Å². The number of ketones is 1. The zero-order chi connectivity index (χ0) is 20.3. The van der Waals surface area contributed by atoms with Crippen molar-refractivity contribution < 1.29 is 4.79 Å². The maximum absolute atomic E-state index is 13.0. The van der Waals surface area contributed by atoms with E-state index in [9.17, 15) is 4.79 Å². The molecule has 5 heteroatoms. The van der Waals surface area contributed by atoms with Gasteiger partial charge >= 0.3 is 0 Å². The van der Waals surface area contributed by atoms with Gasteiger partial charge in [-0.2, -0.15) is 5.10 Å². The summed E-state index contributed by atoms with van der Waals surface area (Å²) in [7, 11) is 0. The molecule has 0 aliphatic heterocycles. The normalized spacial score (nSPS) is 16.6. The lowest BCUT2D eigenvalue weighted by Gasteiger charge is -2.32. The zero-order valence-corrected chi connectivity index (χ0v) is 17.7. The number of hydrogen-bond donors (Lipinski definition) is 2. The topological polar surface area (TPSA) is 53.5 Å². The van der Waals surface area contributed by atoms with Crippen molar-refractivity contribution in [1.82, 2.24) is 10.7 Å². The van der Waals surface area contributed by atoms with Crippen LogP contribution in [0.25, 0.3) is 0 Å². The molecule has 3 rings (SSSR count). The summed E-state index contributed by atoms with van der Waals surface area (Å²) in [6.07, 6.45) is 1.59. The second kappa shape index (κ2) is 8.23. The van der Waals surface area contributed by atoms with Crippen LogP contribution < -0.4 is 10.7 Å². The Bertz CT molecular complexity index is 932. The average molecular weight is 394 g/mol. The number of aryl methyl sites for hydroxylation is 2. The van der Waals surface area contributed by atoms with Crippen molar-refractivity contribution in [2.45, 2.75) is 40.5 Å². The van der Waals surface area contributed by atoms with Crippen LogP contribution in [0.5, 0.6) is 0 Å². The standard InChI is InChI=1S/C23H27N3OS/c1-15-12-16(2)19-18(13-15)14-23(3,4)21(27)20(19)25-26-22(28)24-11-10-17-8-6-5-7-9-17/h5-9,12-13H,10-11,14H2,1-4H3,(H2,24,26,28)/b25-20+. The van der Waals surface area contributed by atoms with Crippen molar-refractivity contribution in [2.24, 2.45) is 10.5 Å². The summed E-state index contributed by atoms with van der Waals surface area (Å²) in [5.74, 6) is 0.0477. The van der Waals surface area contributed by atoms with E-state index in [1.807, 2.05) is 39.0 Å². The van der Waals surface area contributed by atoms with Gasteiger partial charge in [-0.05, 0) is 55.6 Å². The Morgan fingerprint density at radius 1 is 1.18 bits per heavy atom. The highest BCUT2D eigenvalue weighted by atomic mass is 32.1. The van der Waals surface area contributed by atoms with E-state index in [1.165, 1.54) is 16.7 Å². The molecule has 0 radical (unpaired) electrons. The number of thiocarbonyl (C=S) groups is 1. The zero-order valence-electron chi connectivity index (χ0n) is 16.9. The van der Waals surface area contributed by atoms with E-state index in [0.717, 1.165) is 24.0 Å². The first-order chi connectivity index (χ1) is 13.3. The Kier molecular flexibility index (Phi) is 5.94. The summed E-state index contributed by atoms with van der Waals surface area (Å²) >= 11 is 5.35. The fourth-order valence-corrected chi connectivity index (χ4v) is 3.89. The Morgan fingerprint density at radius 3 is 2.61 bits per heavy atom. The number of rotatable bonds is 4. The summed E-state index contributed by atoms with van der Waals surface area (Å²) < 4.78 is 0. The first-order valence-electron chi connectivity index (χ1n) is 9.59. The molecular weight excluding hydrogens is 366 g/mol. The van der Waals surface area contributed by atoms with Gasteiger partial charge in [-0.25, -0.2) is 0 Å². The Balaban J connectivity index is 1.73. The predicted molar refractivity (Wildman–Crippen MR) is 119 cm³/mol. The minimum absolute atomic E-state index is 0.0477. The molecule has 0 saturated carbocycles. The van der Waals surface area contributed by atoms with Gasteiger partial charge in [0.25, 0.3) is 0 Å². The van der Waals surface area contributed by atoms with Gasteiger partial charge in [0, 0.05) is 17.5 Å². The van der Waals surface area contributed by atoms with E-state index in [-0.39, 0.29) is 5.78 Å². The molecule has 1 aliphatic carbocycles. The lowest BCUT2D eigenvalue weighted by atomic mass is 9.71. The molecule has 0 unspecified atom stereocenters. The fraction of sp³-hybridized carbons (Fsp3) is 0.348. The second-order valence-electron chi connectivity index (χ2n) is 8.07. The Hall–Kier alpha value is -2.53. The van der Waals surface area contributed by atoms with Crippen molar-refractivity contribution in [3.8, 4) is 0 Å². The molecule has 0 amide bonds. The van der Waals surface area contributed by atoms with E-state index in [4.69, 9.17) is 12.2 Å². The first kappa shape index (κ1) is 20.2. The molecule has 0 atom stereocenters. The number of hydrogen-bond acceptors (Lipinski definition) is 3. The number of nitrogens with one attached hydrogen (secondary N) is 2. The average Bonchev–Trinajstić information content (AvgIpc) is 2.63. The number of carbonyl (C=O) groups excluding carboxylic acids is 1. The van der Waals surface area contributed by atoms with Gasteiger partial charge in [-0.1, -0.05) is 61.9 Å². The SMILES string of the molecule is Cc1cc(C)c2c(c1)CC(C)(C)C(=O)/C2=N/NC(=S)NCCc1ccccc1. The minimum Gasteiger partial charge on any atom is -0.361 e. The van der Waals surface area contributed by atoms with Crippen molar-refractivity contribution >= 4 is 28.8 Å².